The molecule has 0 saturated heterocycles. The Kier molecular flexibility index (Phi) is 4.12. The van der Waals surface area contributed by atoms with Crippen LogP contribution in [0.25, 0.3) is 0 Å². The fraction of sp³-hybridized carbons (Fsp3) is 0.571. The maximum absolute atomic E-state index is 10.9. The minimum Gasteiger partial charge on any atom is -0.268 e. The predicted octanol–water partition coefficient (Wildman–Crippen LogP) is 1.95. The van der Waals surface area contributed by atoms with Gasteiger partial charge in [0.05, 0.1) is 0 Å². The zero-order valence-corrected chi connectivity index (χ0v) is 7.11. The van der Waals surface area contributed by atoms with Crippen molar-refractivity contribution in [1.82, 2.24) is 4.42 Å². The zero-order chi connectivity index (χ0) is 8.15. The van der Waals surface area contributed by atoms with Crippen LogP contribution in [-0.2, 0) is 4.79 Å². The van der Waals surface area contributed by atoms with Gasteiger partial charge in [0.1, 0.15) is 0 Å². The SMILES string of the molecule is C=C(C)C(=O)N(Cl)CCC. The van der Waals surface area contributed by atoms with Gasteiger partial charge >= 0.3 is 0 Å². The van der Waals surface area contributed by atoms with E-state index in [1.807, 2.05) is 6.92 Å². The van der Waals surface area contributed by atoms with Crippen LogP contribution in [0.1, 0.15) is 20.3 Å². The monoisotopic (exact) mass is 161 g/mol. The molecule has 0 saturated carbocycles. The van der Waals surface area contributed by atoms with Crippen molar-refractivity contribution in [3.05, 3.63) is 12.2 Å². The van der Waals surface area contributed by atoms with Crippen molar-refractivity contribution < 1.29 is 4.79 Å². The van der Waals surface area contributed by atoms with Crippen molar-refractivity contribution in [1.29, 1.82) is 0 Å². The summed E-state index contributed by atoms with van der Waals surface area (Å²) in [6.45, 7) is 7.66. The molecule has 0 radical (unpaired) electrons. The van der Waals surface area contributed by atoms with Crippen molar-refractivity contribution in [2.75, 3.05) is 6.54 Å². The molecule has 0 spiro atoms. The van der Waals surface area contributed by atoms with E-state index in [2.05, 4.69) is 6.58 Å². The highest BCUT2D eigenvalue weighted by Crippen LogP contribution is 2.02. The summed E-state index contributed by atoms with van der Waals surface area (Å²) in [5.41, 5.74) is 0.475. The van der Waals surface area contributed by atoms with E-state index < -0.39 is 0 Å². The van der Waals surface area contributed by atoms with Crippen LogP contribution in [0.4, 0.5) is 0 Å². The lowest BCUT2D eigenvalue weighted by Crippen LogP contribution is -2.22. The number of hydrogen-bond donors (Lipinski definition) is 0. The van der Waals surface area contributed by atoms with Gasteiger partial charge in [-0.15, -0.1) is 0 Å². The molecule has 1 amide bonds. The number of nitrogens with zero attached hydrogens (tertiary/aromatic N) is 1. The molecule has 0 heterocycles. The first-order valence-electron chi connectivity index (χ1n) is 3.22. The van der Waals surface area contributed by atoms with Gasteiger partial charge in [-0.05, 0) is 13.3 Å². The molecular formula is C7H12ClNO. The van der Waals surface area contributed by atoms with E-state index in [1.54, 1.807) is 6.92 Å². The van der Waals surface area contributed by atoms with Crippen LogP contribution < -0.4 is 0 Å². The molecule has 0 unspecified atom stereocenters. The fourth-order valence-electron chi connectivity index (χ4n) is 0.505. The number of carbonyl (C=O) groups is 1. The number of rotatable bonds is 3. The Hall–Kier alpha value is -0.500. The topological polar surface area (TPSA) is 20.3 Å². The Morgan fingerprint density at radius 2 is 2.20 bits per heavy atom. The third kappa shape index (κ3) is 2.87. The number of carbonyl (C=O) groups excluding carboxylic acids is 1. The van der Waals surface area contributed by atoms with Gasteiger partial charge in [-0.1, -0.05) is 13.5 Å². The molecule has 0 aliphatic heterocycles. The first kappa shape index (κ1) is 9.50. The first-order chi connectivity index (χ1) is 4.59. The summed E-state index contributed by atoms with van der Waals surface area (Å²) < 4.78 is 1.16. The molecule has 0 bridgehead atoms. The third-order valence-corrected chi connectivity index (χ3v) is 1.33. The molecule has 58 valence electrons. The van der Waals surface area contributed by atoms with E-state index in [0.29, 0.717) is 12.1 Å². The van der Waals surface area contributed by atoms with Gasteiger partial charge in [-0.25, -0.2) is 0 Å². The van der Waals surface area contributed by atoms with Gasteiger partial charge < -0.3 is 0 Å². The lowest BCUT2D eigenvalue weighted by molar-refractivity contribution is -0.122. The summed E-state index contributed by atoms with van der Waals surface area (Å²) in [6.07, 6.45) is 0.864. The highest BCUT2D eigenvalue weighted by Gasteiger charge is 2.08. The molecular weight excluding hydrogens is 150 g/mol. The quantitative estimate of drug-likeness (QED) is 0.458. The van der Waals surface area contributed by atoms with E-state index >= 15 is 0 Å². The minimum absolute atomic E-state index is 0.191. The molecule has 0 N–H and O–H groups in total. The van der Waals surface area contributed by atoms with Crippen molar-refractivity contribution in [2.45, 2.75) is 20.3 Å². The van der Waals surface area contributed by atoms with Gasteiger partial charge in [0.2, 0.25) is 0 Å². The maximum atomic E-state index is 10.9. The molecule has 2 nitrogen and oxygen atoms in total. The second-order valence-corrected chi connectivity index (χ2v) is 2.58. The Bertz CT molecular complexity index is 145. The minimum atomic E-state index is -0.191. The zero-order valence-electron chi connectivity index (χ0n) is 6.35. The molecule has 0 aliphatic carbocycles. The Balaban J connectivity index is 3.82. The lowest BCUT2D eigenvalue weighted by atomic mass is 10.3. The molecule has 0 aromatic rings. The summed E-state index contributed by atoms with van der Waals surface area (Å²) in [7, 11) is 0. The smallest absolute Gasteiger partial charge is 0.263 e. The molecule has 0 fully saturated rings. The summed E-state index contributed by atoms with van der Waals surface area (Å²) >= 11 is 5.55. The van der Waals surface area contributed by atoms with Crippen molar-refractivity contribution in [2.24, 2.45) is 0 Å². The van der Waals surface area contributed by atoms with Crippen LogP contribution >= 0.6 is 11.8 Å². The summed E-state index contributed by atoms with van der Waals surface area (Å²) in [5.74, 6) is -0.191. The van der Waals surface area contributed by atoms with Crippen molar-refractivity contribution >= 4 is 17.7 Å². The fourth-order valence-corrected chi connectivity index (χ4v) is 0.818. The van der Waals surface area contributed by atoms with Gasteiger partial charge in [0.25, 0.3) is 5.91 Å². The summed E-state index contributed by atoms with van der Waals surface area (Å²) in [4.78, 5) is 10.9. The van der Waals surface area contributed by atoms with Gasteiger partial charge in [-0.3, -0.25) is 9.21 Å². The second kappa shape index (κ2) is 4.34. The largest absolute Gasteiger partial charge is 0.268 e. The molecule has 0 aliphatic rings. The molecule has 10 heavy (non-hydrogen) atoms. The number of amides is 1. The van der Waals surface area contributed by atoms with Crippen LogP contribution in [0.2, 0.25) is 0 Å². The molecule has 0 aromatic carbocycles. The molecule has 0 rings (SSSR count). The van der Waals surface area contributed by atoms with E-state index in [9.17, 15) is 4.79 Å². The predicted molar refractivity (Wildman–Crippen MR) is 42.7 cm³/mol. The average Bonchev–Trinajstić information content (AvgIpc) is 1.87. The highest BCUT2D eigenvalue weighted by atomic mass is 35.5. The molecule has 0 atom stereocenters. The molecule has 3 heteroatoms. The van der Waals surface area contributed by atoms with Crippen LogP contribution in [0.3, 0.4) is 0 Å². The van der Waals surface area contributed by atoms with Crippen LogP contribution in [0.5, 0.6) is 0 Å². The van der Waals surface area contributed by atoms with Crippen LogP contribution in [0.15, 0.2) is 12.2 Å². The van der Waals surface area contributed by atoms with E-state index in [4.69, 9.17) is 11.8 Å². The van der Waals surface area contributed by atoms with Gasteiger partial charge in [-0.2, -0.15) is 0 Å². The van der Waals surface area contributed by atoms with E-state index in [-0.39, 0.29) is 5.91 Å². The van der Waals surface area contributed by atoms with Crippen molar-refractivity contribution in [3.63, 3.8) is 0 Å². The summed E-state index contributed by atoms with van der Waals surface area (Å²) in [6, 6.07) is 0. The Morgan fingerprint density at radius 1 is 1.70 bits per heavy atom. The average molecular weight is 162 g/mol. The van der Waals surface area contributed by atoms with Gasteiger partial charge in [0.15, 0.2) is 0 Å². The standard InChI is InChI=1S/C7H12ClNO/c1-4-5-9(8)7(10)6(2)3/h2,4-5H2,1,3H3. The lowest BCUT2D eigenvalue weighted by Gasteiger charge is -2.11. The van der Waals surface area contributed by atoms with Crippen molar-refractivity contribution in [3.8, 4) is 0 Å². The third-order valence-electron chi connectivity index (χ3n) is 1.01. The van der Waals surface area contributed by atoms with Gasteiger partial charge in [0, 0.05) is 23.9 Å². The normalized spacial score (nSPS) is 9.10. The van der Waals surface area contributed by atoms with E-state index in [1.165, 1.54) is 0 Å². The first-order valence-corrected chi connectivity index (χ1v) is 3.56. The van der Waals surface area contributed by atoms with Crippen LogP contribution in [0, 0.1) is 0 Å². The highest BCUT2D eigenvalue weighted by molar-refractivity contribution is 6.23. The number of hydrogen-bond acceptors (Lipinski definition) is 1. The Labute approximate surface area is 66.6 Å². The summed E-state index contributed by atoms with van der Waals surface area (Å²) in [5, 5.41) is 0. The number of halogens is 1. The Morgan fingerprint density at radius 3 is 2.50 bits per heavy atom. The molecule has 0 aromatic heterocycles. The maximum Gasteiger partial charge on any atom is 0.263 e. The second-order valence-electron chi connectivity index (χ2n) is 2.17. The van der Waals surface area contributed by atoms with Crippen LogP contribution in [-0.4, -0.2) is 16.9 Å². The van der Waals surface area contributed by atoms with E-state index in [0.717, 1.165) is 10.8 Å².